The maximum Gasteiger partial charge on any atom is 0.174 e. The highest BCUT2D eigenvalue weighted by atomic mass is 16.5. The van der Waals surface area contributed by atoms with Gasteiger partial charge in [0.15, 0.2) is 5.78 Å². The van der Waals surface area contributed by atoms with Crippen molar-refractivity contribution < 1.29 is 44.9 Å². The summed E-state index contributed by atoms with van der Waals surface area (Å²) >= 11 is 0. The monoisotopic (exact) mass is 648 g/mol. The molecule has 0 aromatic heterocycles. The minimum absolute atomic E-state index is 0.00173. The molecule has 6 N–H and O–H groups in total. The lowest BCUT2D eigenvalue weighted by Crippen LogP contribution is -2.44. The van der Waals surface area contributed by atoms with Crippen LogP contribution in [0.2, 0.25) is 0 Å². The van der Waals surface area contributed by atoms with Crippen molar-refractivity contribution in [3.63, 3.8) is 0 Å². The quantitative estimate of drug-likeness (QED) is 0.0931. The van der Waals surface area contributed by atoms with Crippen LogP contribution in [0.4, 0.5) is 0 Å². The lowest BCUT2D eigenvalue weighted by atomic mass is 9.64. The van der Waals surface area contributed by atoms with Crippen LogP contribution in [0.15, 0.2) is 78.4 Å². The Balaban J connectivity index is 1.35. The molecular weight excluding hydrogens is 612 g/mol. The highest BCUT2D eigenvalue weighted by molar-refractivity contribution is 6.09. The van der Waals surface area contributed by atoms with Gasteiger partial charge in [-0.3, -0.25) is 4.79 Å². The van der Waals surface area contributed by atoms with Crippen LogP contribution in [0.3, 0.4) is 0 Å². The van der Waals surface area contributed by atoms with E-state index in [4.69, 9.17) is 9.47 Å². The Labute approximate surface area is 277 Å². The molecule has 9 heteroatoms. The van der Waals surface area contributed by atoms with E-state index in [9.17, 15) is 35.4 Å². The fourth-order valence-corrected chi connectivity index (χ4v) is 7.35. The molecule has 0 fully saturated rings. The van der Waals surface area contributed by atoms with Gasteiger partial charge in [0.2, 0.25) is 0 Å². The van der Waals surface area contributed by atoms with Gasteiger partial charge in [-0.05, 0) is 92.8 Å². The van der Waals surface area contributed by atoms with Crippen molar-refractivity contribution in [3.8, 4) is 46.0 Å². The zero-order chi connectivity index (χ0) is 34.1. The summed E-state index contributed by atoms with van der Waals surface area (Å²) in [5, 5.41) is 65.3. The number of carbonyl (C=O) groups is 1. The molecule has 0 radical (unpaired) electrons. The number of Topliss-reactive ketones (excluding diaryl/α,β-unsaturated/α-hetero) is 1. The normalized spacial score (nSPS) is 22.1. The molecule has 2 bridgehead atoms. The average molecular weight is 649 g/mol. The molecule has 48 heavy (non-hydrogen) atoms. The number of fused-ring (bicyclic) bond motifs is 5. The summed E-state index contributed by atoms with van der Waals surface area (Å²) in [7, 11) is 0. The minimum atomic E-state index is -1.00. The Bertz CT molecular complexity index is 2030. The van der Waals surface area contributed by atoms with Crippen LogP contribution < -0.4 is 9.47 Å². The largest absolute Gasteiger partial charge is 0.508 e. The molecule has 7 rings (SSSR count). The summed E-state index contributed by atoms with van der Waals surface area (Å²) in [6.45, 7) is 5.63. The lowest BCUT2D eigenvalue weighted by Gasteiger charge is -2.46. The highest BCUT2D eigenvalue weighted by Crippen LogP contribution is 2.57. The molecule has 3 aliphatic rings. The summed E-state index contributed by atoms with van der Waals surface area (Å²) in [6, 6.07) is 15.4. The summed E-state index contributed by atoms with van der Waals surface area (Å²) in [5.74, 6) is -2.03. The molecule has 246 valence electrons. The predicted molar refractivity (Wildman–Crippen MR) is 178 cm³/mol. The summed E-state index contributed by atoms with van der Waals surface area (Å²) in [5.41, 5.74) is 2.62. The smallest absolute Gasteiger partial charge is 0.174 e. The number of ether oxygens (including phenoxy) is 2. The van der Waals surface area contributed by atoms with Crippen LogP contribution in [-0.2, 0) is 12.8 Å². The molecule has 4 aromatic carbocycles. The third-order valence-electron chi connectivity index (χ3n) is 9.59. The second kappa shape index (κ2) is 11.3. The first-order chi connectivity index (χ1) is 22.8. The zero-order valence-electron chi connectivity index (χ0n) is 26.7. The van der Waals surface area contributed by atoms with Gasteiger partial charge in [0.25, 0.3) is 0 Å². The van der Waals surface area contributed by atoms with Crippen LogP contribution in [0, 0.1) is 5.92 Å². The Morgan fingerprint density at radius 1 is 0.875 bits per heavy atom. The molecule has 4 unspecified atom stereocenters. The molecule has 2 aliphatic heterocycles. The fourth-order valence-electron chi connectivity index (χ4n) is 7.35. The van der Waals surface area contributed by atoms with E-state index in [1.807, 2.05) is 26.8 Å². The number of allylic oxidation sites excluding steroid dienone is 3. The average Bonchev–Trinajstić information content (AvgIpc) is 3.43. The number of carbonyl (C=O) groups excluding carboxylic acids is 1. The van der Waals surface area contributed by atoms with Crippen LogP contribution in [0.5, 0.6) is 46.0 Å². The first-order valence-electron chi connectivity index (χ1n) is 15.8. The molecule has 0 spiro atoms. The number of rotatable bonds is 6. The van der Waals surface area contributed by atoms with Crippen molar-refractivity contribution in [1.82, 2.24) is 0 Å². The summed E-state index contributed by atoms with van der Waals surface area (Å²) in [6.07, 6.45) is 4.08. The standard InChI is InChI=1S/C39H36O9/c1-19(2)4-8-25-29(42)11-10-26(37(25)45)38(46)35-27-17-39(3,48-34-16-23(41)7-9-24(27)34)18-28(35)36-30(43)12-21(13-31(36)44)32-14-20-5-6-22(40)15-33(20)47-32/h4-7,9-13,15-16,18,27,32,35,40-45H,8,14,17H2,1-3H3. The summed E-state index contributed by atoms with van der Waals surface area (Å²) < 4.78 is 12.4. The predicted octanol–water partition coefficient (Wildman–Crippen LogP) is 7.33. The summed E-state index contributed by atoms with van der Waals surface area (Å²) in [4.78, 5) is 14.7. The third-order valence-corrected chi connectivity index (χ3v) is 9.59. The molecule has 4 aromatic rings. The fraction of sp³-hybridized carbons (Fsp3) is 0.256. The van der Waals surface area contributed by atoms with E-state index in [1.54, 1.807) is 24.3 Å². The first-order valence-corrected chi connectivity index (χ1v) is 15.8. The topological polar surface area (TPSA) is 157 Å². The molecular formula is C39H36O9. The Morgan fingerprint density at radius 2 is 1.56 bits per heavy atom. The Hall–Kier alpha value is -5.57. The Kier molecular flexibility index (Phi) is 7.31. The molecule has 2 heterocycles. The second-order valence-electron chi connectivity index (χ2n) is 13.4. The van der Waals surface area contributed by atoms with Crippen molar-refractivity contribution in [2.75, 3.05) is 0 Å². The molecule has 1 aliphatic carbocycles. The van der Waals surface area contributed by atoms with Gasteiger partial charge < -0.3 is 40.1 Å². The van der Waals surface area contributed by atoms with Crippen molar-refractivity contribution in [2.45, 2.75) is 57.7 Å². The minimum Gasteiger partial charge on any atom is -0.508 e. The van der Waals surface area contributed by atoms with Crippen molar-refractivity contribution >= 4 is 11.4 Å². The maximum absolute atomic E-state index is 14.7. The van der Waals surface area contributed by atoms with Crippen LogP contribution in [0.1, 0.15) is 77.4 Å². The van der Waals surface area contributed by atoms with Crippen molar-refractivity contribution in [3.05, 3.63) is 112 Å². The van der Waals surface area contributed by atoms with Crippen molar-refractivity contribution in [2.24, 2.45) is 5.92 Å². The molecule has 0 amide bonds. The van der Waals surface area contributed by atoms with Gasteiger partial charge in [-0.15, -0.1) is 0 Å². The van der Waals surface area contributed by atoms with Gasteiger partial charge in [-0.2, -0.15) is 0 Å². The Morgan fingerprint density at radius 3 is 2.27 bits per heavy atom. The van der Waals surface area contributed by atoms with E-state index >= 15 is 0 Å². The molecule has 0 saturated heterocycles. The SMILES string of the molecule is CC(C)=CCc1c(O)ccc(C(=O)C2C(c3c(O)cc(C4Cc5ccc(O)cc5O4)cc3O)=CC3(C)CC2c2ccc(O)cc2O3)c1O. The van der Waals surface area contributed by atoms with Gasteiger partial charge in [0.1, 0.15) is 57.7 Å². The second-order valence-corrected chi connectivity index (χ2v) is 13.4. The van der Waals surface area contributed by atoms with E-state index in [0.29, 0.717) is 41.0 Å². The van der Waals surface area contributed by atoms with Crippen LogP contribution >= 0.6 is 0 Å². The van der Waals surface area contributed by atoms with Crippen LogP contribution in [-0.4, -0.2) is 42.0 Å². The number of aromatic hydroxyl groups is 6. The molecule has 4 atom stereocenters. The van der Waals surface area contributed by atoms with E-state index in [2.05, 4.69) is 0 Å². The maximum atomic E-state index is 14.7. The molecule has 0 saturated carbocycles. The zero-order valence-corrected chi connectivity index (χ0v) is 26.7. The van der Waals surface area contributed by atoms with E-state index in [1.165, 1.54) is 42.5 Å². The number of phenolic OH excluding ortho intramolecular Hbond substituents is 6. The third kappa shape index (κ3) is 5.25. The van der Waals surface area contributed by atoms with Gasteiger partial charge in [0.05, 0.1) is 17.0 Å². The lowest BCUT2D eigenvalue weighted by molar-refractivity contribution is 0.0729. The van der Waals surface area contributed by atoms with Gasteiger partial charge in [-0.25, -0.2) is 0 Å². The number of benzene rings is 4. The van der Waals surface area contributed by atoms with Gasteiger partial charge >= 0.3 is 0 Å². The highest BCUT2D eigenvalue weighted by Gasteiger charge is 2.49. The number of hydrogen-bond acceptors (Lipinski definition) is 9. The molecule has 9 nitrogen and oxygen atoms in total. The van der Waals surface area contributed by atoms with Crippen molar-refractivity contribution in [1.29, 1.82) is 0 Å². The van der Waals surface area contributed by atoms with Crippen LogP contribution in [0.25, 0.3) is 5.57 Å². The van der Waals surface area contributed by atoms with E-state index in [0.717, 1.165) is 11.1 Å². The van der Waals surface area contributed by atoms with E-state index < -0.39 is 29.3 Å². The number of hydrogen-bond donors (Lipinski definition) is 6. The number of phenols is 6. The van der Waals surface area contributed by atoms with E-state index in [-0.39, 0.29) is 57.6 Å². The first kappa shape index (κ1) is 31.1. The van der Waals surface area contributed by atoms with Gasteiger partial charge in [0, 0.05) is 35.6 Å². The number of ketones is 1. The van der Waals surface area contributed by atoms with Gasteiger partial charge in [-0.1, -0.05) is 23.8 Å².